The van der Waals surface area contributed by atoms with Gasteiger partial charge in [0, 0.05) is 24.7 Å². The second kappa shape index (κ2) is 3.97. The number of likely N-dealkylation sites (tertiary alicyclic amines) is 1. The van der Waals surface area contributed by atoms with Crippen molar-refractivity contribution in [1.82, 2.24) is 10.2 Å². The van der Waals surface area contributed by atoms with Crippen molar-refractivity contribution in [2.24, 2.45) is 0 Å². The maximum absolute atomic E-state index is 3.47. The summed E-state index contributed by atoms with van der Waals surface area (Å²) in [5.41, 5.74) is 0. The van der Waals surface area contributed by atoms with Crippen molar-refractivity contribution in [3.05, 3.63) is 0 Å². The van der Waals surface area contributed by atoms with Crippen LogP contribution in [0, 0.1) is 0 Å². The van der Waals surface area contributed by atoms with Crippen LogP contribution in [0.5, 0.6) is 0 Å². The van der Waals surface area contributed by atoms with Crippen LogP contribution in [0.25, 0.3) is 0 Å². The molecule has 2 rings (SSSR count). The fourth-order valence-corrected chi connectivity index (χ4v) is 3.05. The lowest BCUT2D eigenvalue weighted by Gasteiger charge is -2.42. The molecule has 0 spiro atoms. The molecule has 1 N–H and O–H groups in total. The lowest BCUT2D eigenvalue weighted by Crippen LogP contribution is -2.50. The van der Waals surface area contributed by atoms with Crippen molar-refractivity contribution in [3.63, 3.8) is 0 Å². The van der Waals surface area contributed by atoms with Crippen LogP contribution in [0.2, 0.25) is 0 Å². The van der Waals surface area contributed by atoms with E-state index in [9.17, 15) is 0 Å². The van der Waals surface area contributed by atoms with E-state index < -0.39 is 0 Å². The highest BCUT2D eigenvalue weighted by Crippen LogP contribution is 2.26. The van der Waals surface area contributed by atoms with Gasteiger partial charge in [0.1, 0.15) is 0 Å². The van der Waals surface area contributed by atoms with Crippen molar-refractivity contribution in [2.45, 2.75) is 57.7 Å². The van der Waals surface area contributed by atoms with Gasteiger partial charge < -0.3 is 5.32 Å². The Hall–Kier alpha value is -0.0800. The molecule has 0 aromatic rings. The van der Waals surface area contributed by atoms with E-state index in [1.165, 1.54) is 38.8 Å². The molecule has 0 aromatic heterocycles. The van der Waals surface area contributed by atoms with Crippen LogP contribution in [-0.2, 0) is 0 Å². The topological polar surface area (TPSA) is 15.3 Å². The van der Waals surface area contributed by atoms with Crippen molar-refractivity contribution < 1.29 is 0 Å². The summed E-state index contributed by atoms with van der Waals surface area (Å²) < 4.78 is 0. The summed E-state index contributed by atoms with van der Waals surface area (Å²) in [6.07, 6.45) is 5.59. The minimum absolute atomic E-state index is 0.814. The Bertz CT molecular complexity index is 153. The molecule has 2 aliphatic heterocycles. The Morgan fingerprint density at radius 1 is 1.08 bits per heavy atom. The van der Waals surface area contributed by atoms with Crippen LogP contribution in [0.3, 0.4) is 0 Å². The number of piperidine rings is 1. The Morgan fingerprint density at radius 2 is 1.77 bits per heavy atom. The summed E-state index contributed by atoms with van der Waals surface area (Å²) in [5, 5.41) is 3.47. The number of nitrogens with one attached hydrogen (secondary N) is 1. The molecule has 0 aliphatic carbocycles. The van der Waals surface area contributed by atoms with Gasteiger partial charge in [-0.15, -0.1) is 0 Å². The number of hydrogen-bond donors (Lipinski definition) is 1. The molecule has 2 fully saturated rings. The quantitative estimate of drug-likeness (QED) is 0.663. The van der Waals surface area contributed by atoms with E-state index in [4.69, 9.17) is 0 Å². The lowest BCUT2D eigenvalue weighted by molar-refractivity contribution is 0.0632. The molecule has 2 heteroatoms. The average molecular weight is 182 g/mol. The molecule has 2 saturated heterocycles. The van der Waals surface area contributed by atoms with Gasteiger partial charge in [0.25, 0.3) is 0 Å². The Balaban J connectivity index is 2.00. The van der Waals surface area contributed by atoms with Crippen LogP contribution < -0.4 is 5.32 Å². The van der Waals surface area contributed by atoms with Gasteiger partial charge in [-0.2, -0.15) is 0 Å². The maximum Gasteiger partial charge on any atom is 0.0238 e. The van der Waals surface area contributed by atoms with Crippen molar-refractivity contribution in [1.29, 1.82) is 0 Å². The smallest absolute Gasteiger partial charge is 0.0238 e. The second-order valence-corrected chi connectivity index (χ2v) is 4.72. The minimum atomic E-state index is 0.814. The van der Waals surface area contributed by atoms with Gasteiger partial charge in [0.2, 0.25) is 0 Å². The molecule has 2 aliphatic rings. The maximum atomic E-state index is 3.47. The number of nitrogens with zero attached hydrogens (tertiary/aromatic N) is 1. The summed E-state index contributed by atoms with van der Waals surface area (Å²) in [6.45, 7) is 7.23. The van der Waals surface area contributed by atoms with E-state index >= 15 is 0 Å². The van der Waals surface area contributed by atoms with Crippen LogP contribution >= 0.6 is 0 Å². The zero-order chi connectivity index (χ0) is 9.26. The van der Waals surface area contributed by atoms with Gasteiger partial charge in [-0.1, -0.05) is 6.42 Å². The average Bonchev–Trinajstić information content (AvgIpc) is 2.57. The van der Waals surface area contributed by atoms with Gasteiger partial charge in [-0.05, 0) is 39.7 Å². The summed E-state index contributed by atoms with van der Waals surface area (Å²) in [5.74, 6) is 0. The fourth-order valence-electron chi connectivity index (χ4n) is 3.05. The Labute approximate surface area is 81.7 Å². The van der Waals surface area contributed by atoms with Gasteiger partial charge in [-0.3, -0.25) is 4.90 Å². The van der Waals surface area contributed by atoms with Crippen LogP contribution in [0.15, 0.2) is 0 Å². The van der Waals surface area contributed by atoms with E-state index in [0.29, 0.717) is 0 Å². The predicted octanol–water partition coefficient (Wildman–Crippen LogP) is 1.61. The van der Waals surface area contributed by atoms with Crippen molar-refractivity contribution in [2.75, 3.05) is 13.1 Å². The van der Waals surface area contributed by atoms with E-state index in [0.717, 1.165) is 18.1 Å². The molecule has 3 atom stereocenters. The first-order valence-corrected chi connectivity index (χ1v) is 5.77. The van der Waals surface area contributed by atoms with E-state index in [2.05, 4.69) is 24.1 Å². The number of rotatable bonds is 1. The molecule has 0 radical (unpaired) electrons. The van der Waals surface area contributed by atoms with E-state index in [1.54, 1.807) is 0 Å². The van der Waals surface area contributed by atoms with E-state index in [1.807, 2.05) is 0 Å². The molecular weight excluding hydrogens is 160 g/mol. The molecule has 2 nitrogen and oxygen atoms in total. The van der Waals surface area contributed by atoms with Gasteiger partial charge in [-0.25, -0.2) is 0 Å². The summed E-state index contributed by atoms with van der Waals surface area (Å²) >= 11 is 0. The first-order valence-electron chi connectivity index (χ1n) is 5.77. The highest BCUT2D eigenvalue weighted by Gasteiger charge is 2.32. The highest BCUT2D eigenvalue weighted by molar-refractivity contribution is 4.89. The van der Waals surface area contributed by atoms with Crippen LogP contribution in [-0.4, -0.2) is 36.1 Å². The first kappa shape index (κ1) is 9.47. The zero-order valence-electron chi connectivity index (χ0n) is 8.92. The fraction of sp³-hybridized carbons (Fsp3) is 1.00. The second-order valence-electron chi connectivity index (χ2n) is 4.72. The van der Waals surface area contributed by atoms with Gasteiger partial charge in [0.05, 0.1) is 0 Å². The molecule has 13 heavy (non-hydrogen) atoms. The molecule has 0 amide bonds. The molecule has 0 saturated carbocycles. The van der Waals surface area contributed by atoms with Gasteiger partial charge >= 0.3 is 0 Å². The third-order valence-corrected chi connectivity index (χ3v) is 3.72. The Morgan fingerprint density at radius 3 is 2.31 bits per heavy atom. The van der Waals surface area contributed by atoms with E-state index in [-0.39, 0.29) is 0 Å². The molecule has 0 aromatic carbocycles. The standard InChI is InChI=1S/C11H22N2/c1-9-4-3-5-10(2)13(9)11-6-7-12-8-11/h9-12H,3-8H2,1-2H3/t9-,10+,11?. The third-order valence-electron chi connectivity index (χ3n) is 3.72. The van der Waals surface area contributed by atoms with Crippen molar-refractivity contribution >= 4 is 0 Å². The molecule has 2 heterocycles. The Kier molecular flexibility index (Phi) is 2.89. The largest absolute Gasteiger partial charge is 0.315 e. The molecule has 76 valence electrons. The zero-order valence-corrected chi connectivity index (χ0v) is 8.92. The SMILES string of the molecule is C[C@@H]1CCC[C@H](C)N1C1CCNC1. The summed E-state index contributed by atoms with van der Waals surface area (Å²) in [4.78, 5) is 2.75. The van der Waals surface area contributed by atoms with Crippen molar-refractivity contribution in [3.8, 4) is 0 Å². The summed E-state index contributed by atoms with van der Waals surface area (Å²) in [6, 6.07) is 2.45. The predicted molar refractivity (Wildman–Crippen MR) is 55.9 cm³/mol. The van der Waals surface area contributed by atoms with Crippen LogP contribution in [0.4, 0.5) is 0 Å². The molecule has 1 unspecified atom stereocenters. The molecular formula is C11H22N2. The summed E-state index contributed by atoms with van der Waals surface area (Å²) in [7, 11) is 0. The van der Waals surface area contributed by atoms with Crippen LogP contribution in [0.1, 0.15) is 39.5 Å². The normalized spacial score (nSPS) is 42.5. The third kappa shape index (κ3) is 1.89. The molecule has 0 bridgehead atoms. The lowest BCUT2D eigenvalue weighted by atomic mass is 9.95. The first-order chi connectivity index (χ1) is 6.29. The van der Waals surface area contributed by atoms with Gasteiger partial charge in [0.15, 0.2) is 0 Å². The number of hydrogen-bond acceptors (Lipinski definition) is 2. The monoisotopic (exact) mass is 182 g/mol. The highest BCUT2D eigenvalue weighted by atomic mass is 15.2. The minimum Gasteiger partial charge on any atom is -0.315 e.